The summed E-state index contributed by atoms with van der Waals surface area (Å²) < 4.78 is 0. The molecule has 0 atom stereocenters. The first kappa shape index (κ1) is 12.0. The Morgan fingerprint density at radius 3 is 2.40 bits per heavy atom. The van der Waals surface area contributed by atoms with Crippen molar-refractivity contribution < 1.29 is 14.4 Å². The molecule has 84 valence electrons. The van der Waals surface area contributed by atoms with Gasteiger partial charge in [0.25, 0.3) is 0 Å². The normalized spacial score (nSPS) is 16.9. The number of amides is 3. The van der Waals surface area contributed by atoms with Gasteiger partial charge in [-0.05, 0) is 5.25 Å². The van der Waals surface area contributed by atoms with Gasteiger partial charge in [-0.3, -0.25) is 19.7 Å². The van der Waals surface area contributed by atoms with Crippen LogP contribution in [-0.4, -0.2) is 46.7 Å². The molecule has 0 aliphatic carbocycles. The maximum absolute atomic E-state index is 11.6. The van der Waals surface area contributed by atoms with Crippen molar-refractivity contribution in [2.45, 2.75) is 19.1 Å². The Balaban J connectivity index is 2.45. The van der Waals surface area contributed by atoms with E-state index in [2.05, 4.69) is 5.32 Å². The highest BCUT2D eigenvalue weighted by Gasteiger charge is 2.25. The van der Waals surface area contributed by atoms with Crippen LogP contribution in [0, 0.1) is 0 Å². The number of hydrogen-bond acceptors (Lipinski definition) is 4. The van der Waals surface area contributed by atoms with Crippen LogP contribution in [0.2, 0.25) is 0 Å². The quantitative estimate of drug-likeness (QED) is 0.671. The number of hydrogen-bond donors (Lipinski definition) is 1. The van der Waals surface area contributed by atoms with Crippen LogP contribution in [0.3, 0.4) is 0 Å². The van der Waals surface area contributed by atoms with Crippen LogP contribution in [0.4, 0.5) is 0 Å². The maximum Gasteiger partial charge on any atom is 0.246 e. The van der Waals surface area contributed by atoms with Crippen molar-refractivity contribution >= 4 is 29.5 Å². The summed E-state index contributed by atoms with van der Waals surface area (Å²) in [6.45, 7) is 3.96. The van der Waals surface area contributed by atoms with E-state index in [4.69, 9.17) is 0 Å². The van der Waals surface area contributed by atoms with Gasteiger partial charge in [0, 0.05) is 0 Å². The van der Waals surface area contributed by atoms with E-state index in [1.807, 2.05) is 13.8 Å². The molecule has 0 aromatic heterocycles. The molecule has 15 heavy (non-hydrogen) atoms. The summed E-state index contributed by atoms with van der Waals surface area (Å²) in [7, 11) is 0. The Hall–Kier alpha value is -1.04. The van der Waals surface area contributed by atoms with Gasteiger partial charge in [-0.2, -0.15) is 0 Å². The zero-order valence-corrected chi connectivity index (χ0v) is 9.60. The number of nitrogens with zero attached hydrogens (tertiary/aromatic N) is 1. The van der Waals surface area contributed by atoms with Crippen LogP contribution in [0.15, 0.2) is 0 Å². The molecule has 6 heteroatoms. The predicted molar refractivity (Wildman–Crippen MR) is 57.3 cm³/mol. The molecule has 1 heterocycles. The van der Waals surface area contributed by atoms with Crippen LogP contribution in [-0.2, 0) is 14.4 Å². The van der Waals surface area contributed by atoms with Crippen molar-refractivity contribution in [3.63, 3.8) is 0 Å². The Kier molecular flexibility index (Phi) is 4.14. The monoisotopic (exact) mass is 230 g/mol. The molecule has 0 aromatic rings. The average molecular weight is 230 g/mol. The Morgan fingerprint density at radius 2 is 1.93 bits per heavy atom. The second-order valence-electron chi connectivity index (χ2n) is 3.58. The molecule has 0 aromatic carbocycles. The van der Waals surface area contributed by atoms with Gasteiger partial charge in [-0.25, -0.2) is 0 Å². The van der Waals surface area contributed by atoms with Gasteiger partial charge in [-0.1, -0.05) is 13.8 Å². The number of piperazine rings is 1. The predicted octanol–water partition coefficient (Wildman–Crippen LogP) is -0.387. The molecule has 1 saturated heterocycles. The Morgan fingerprint density at radius 1 is 1.40 bits per heavy atom. The van der Waals surface area contributed by atoms with Gasteiger partial charge in [0.15, 0.2) is 0 Å². The fourth-order valence-corrected chi connectivity index (χ4v) is 1.80. The summed E-state index contributed by atoms with van der Waals surface area (Å²) in [5, 5.41) is 2.51. The third-order valence-electron chi connectivity index (χ3n) is 1.84. The number of carbonyl (C=O) groups excluding carboxylic acids is 3. The van der Waals surface area contributed by atoms with E-state index in [0.29, 0.717) is 11.0 Å². The van der Waals surface area contributed by atoms with E-state index >= 15 is 0 Å². The fourth-order valence-electron chi connectivity index (χ4n) is 1.14. The molecule has 1 aliphatic rings. The summed E-state index contributed by atoms with van der Waals surface area (Å²) >= 11 is 1.50. The Labute approximate surface area is 92.6 Å². The summed E-state index contributed by atoms with van der Waals surface area (Å²) in [5.74, 6) is -0.654. The molecule has 3 amide bonds. The highest BCUT2D eigenvalue weighted by molar-refractivity contribution is 8.00. The maximum atomic E-state index is 11.6. The molecule has 0 radical (unpaired) electrons. The summed E-state index contributed by atoms with van der Waals surface area (Å²) in [6, 6.07) is 0. The van der Waals surface area contributed by atoms with Crippen molar-refractivity contribution in [2.24, 2.45) is 0 Å². The molecular formula is C9H14N2O3S. The van der Waals surface area contributed by atoms with Gasteiger partial charge in [0.05, 0.1) is 5.75 Å². The van der Waals surface area contributed by atoms with Crippen LogP contribution in [0.25, 0.3) is 0 Å². The minimum Gasteiger partial charge on any atom is -0.323 e. The van der Waals surface area contributed by atoms with E-state index in [9.17, 15) is 14.4 Å². The zero-order chi connectivity index (χ0) is 11.4. The fraction of sp³-hybridized carbons (Fsp3) is 0.667. The molecular weight excluding hydrogens is 216 g/mol. The smallest absolute Gasteiger partial charge is 0.246 e. The van der Waals surface area contributed by atoms with Crippen molar-refractivity contribution in [1.29, 1.82) is 0 Å². The lowest BCUT2D eigenvalue weighted by Gasteiger charge is -2.25. The number of rotatable bonds is 3. The lowest BCUT2D eigenvalue weighted by atomic mass is 10.3. The largest absolute Gasteiger partial charge is 0.323 e. The van der Waals surface area contributed by atoms with Crippen LogP contribution < -0.4 is 5.32 Å². The van der Waals surface area contributed by atoms with Crippen molar-refractivity contribution in [1.82, 2.24) is 10.2 Å². The van der Waals surface area contributed by atoms with E-state index < -0.39 is 11.8 Å². The van der Waals surface area contributed by atoms with E-state index in [1.165, 1.54) is 16.7 Å². The average Bonchev–Trinajstić information content (AvgIpc) is 2.12. The lowest BCUT2D eigenvalue weighted by molar-refractivity contribution is -0.144. The lowest BCUT2D eigenvalue weighted by Crippen LogP contribution is -2.53. The number of thioether (sulfide) groups is 1. The summed E-state index contributed by atoms with van der Waals surface area (Å²) in [6.07, 6.45) is 0. The minimum atomic E-state index is -0.408. The SMILES string of the molecule is CC(C)SCC(=O)N1CC(=O)NC(=O)C1. The number of nitrogens with one attached hydrogen (secondary N) is 1. The van der Waals surface area contributed by atoms with Crippen molar-refractivity contribution in [3.05, 3.63) is 0 Å². The van der Waals surface area contributed by atoms with E-state index in [0.717, 1.165) is 0 Å². The van der Waals surface area contributed by atoms with Crippen molar-refractivity contribution in [2.75, 3.05) is 18.8 Å². The van der Waals surface area contributed by atoms with Gasteiger partial charge in [0.1, 0.15) is 13.1 Å². The summed E-state index contributed by atoms with van der Waals surface area (Å²) in [5.41, 5.74) is 0. The van der Waals surface area contributed by atoms with Gasteiger partial charge < -0.3 is 4.90 Å². The standard InChI is InChI=1S/C9H14N2O3S/c1-6(2)15-5-9(14)11-3-7(12)10-8(13)4-11/h6H,3-5H2,1-2H3,(H,10,12,13). The number of imide groups is 1. The second-order valence-corrected chi connectivity index (χ2v) is 5.15. The number of carbonyl (C=O) groups is 3. The molecule has 0 spiro atoms. The first-order valence-corrected chi connectivity index (χ1v) is 5.76. The zero-order valence-electron chi connectivity index (χ0n) is 8.78. The first-order chi connectivity index (χ1) is 6.99. The third-order valence-corrected chi connectivity index (χ3v) is 2.92. The third kappa shape index (κ3) is 3.91. The molecule has 1 aliphatic heterocycles. The van der Waals surface area contributed by atoms with Crippen LogP contribution in [0.1, 0.15) is 13.8 Å². The van der Waals surface area contributed by atoms with Gasteiger partial charge >= 0.3 is 0 Å². The highest BCUT2D eigenvalue weighted by atomic mass is 32.2. The highest BCUT2D eigenvalue weighted by Crippen LogP contribution is 2.10. The van der Waals surface area contributed by atoms with Crippen molar-refractivity contribution in [3.8, 4) is 0 Å². The molecule has 0 bridgehead atoms. The molecule has 0 saturated carbocycles. The molecule has 0 unspecified atom stereocenters. The molecule has 5 nitrogen and oxygen atoms in total. The molecule has 1 rings (SSSR count). The topological polar surface area (TPSA) is 66.5 Å². The molecule has 1 N–H and O–H groups in total. The van der Waals surface area contributed by atoms with Crippen LogP contribution in [0.5, 0.6) is 0 Å². The first-order valence-electron chi connectivity index (χ1n) is 4.71. The minimum absolute atomic E-state index is 0.0107. The van der Waals surface area contributed by atoms with E-state index in [1.54, 1.807) is 0 Å². The van der Waals surface area contributed by atoms with Gasteiger partial charge in [-0.15, -0.1) is 11.8 Å². The summed E-state index contributed by atoms with van der Waals surface area (Å²) in [4.78, 5) is 34.8. The molecule has 1 fully saturated rings. The Bertz CT molecular complexity index is 275. The second kappa shape index (κ2) is 5.16. The van der Waals surface area contributed by atoms with Crippen LogP contribution >= 0.6 is 11.8 Å². The van der Waals surface area contributed by atoms with E-state index in [-0.39, 0.29) is 19.0 Å². The van der Waals surface area contributed by atoms with Gasteiger partial charge in [0.2, 0.25) is 17.7 Å².